The van der Waals surface area contributed by atoms with Gasteiger partial charge < -0.3 is 15.4 Å². The molecule has 0 aromatic carbocycles. The van der Waals surface area contributed by atoms with Gasteiger partial charge in [-0.3, -0.25) is 4.79 Å². The Morgan fingerprint density at radius 3 is 2.94 bits per heavy atom. The van der Waals surface area contributed by atoms with Crippen LogP contribution in [0.15, 0.2) is 0 Å². The molecule has 2 N–H and O–H groups in total. The van der Waals surface area contributed by atoms with Crippen molar-refractivity contribution in [1.29, 1.82) is 0 Å². The van der Waals surface area contributed by atoms with Gasteiger partial charge in [-0.1, -0.05) is 32.6 Å². The quantitative estimate of drug-likeness (QED) is 0.664. The number of carbonyl (C=O) groups excluding carboxylic acids is 1. The van der Waals surface area contributed by atoms with Gasteiger partial charge in [0.2, 0.25) is 5.91 Å². The van der Waals surface area contributed by atoms with Crippen LogP contribution in [0.25, 0.3) is 0 Å². The summed E-state index contributed by atoms with van der Waals surface area (Å²) in [6.07, 6.45) is 6.08. The number of nitrogens with one attached hydrogen (secondary N) is 2. The smallest absolute Gasteiger partial charge is 0.239 e. The van der Waals surface area contributed by atoms with Crippen molar-refractivity contribution in [3.05, 3.63) is 0 Å². The lowest BCUT2D eigenvalue weighted by molar-refractivity contribution is -0.126. The number of rotatable bonds is 7. The molecule has 17 heavy (non-hydrogen) atoms. The Labute approximate surface area is 104 Å². The average molecular weight is 242 g/mol. The van der Waals surface area contributed by atoms with Crippen LogP contribution in [0.5, 0.6) is 0 Å². The zero-order valence-corrected chi connectivity index (χ0v) is 11.1. The Kier molecular flexibility index (Phi) is 7.21. The van der Waals surface area contributed by atoms with Gasteiger partial charge in [-0.05, 0) is 13.3 Å². The molecule has 0 saturated carbocycles. The summed E-state index contributed by atoms with van der Waals surface area (Å²) in [6.45, 7) is 6.25. The van der Waals surface area contributed by atoms with Crippen LogP contribution in [-0.4, -0.2) is 37.7 Å². The normalized spacial score (nSPS) is 22.1. The van der Waals surface area contributed by atoms with Gasteiger partial charge in [0.25, 0.3) is 0 Å². The Morgan fingerprint density at radius 1 is 1.47 bits per heavy atom. The molecule has 1 saturated heterocycles. The molecule has 1 aliphatic rings. The minimum absolute atomic E-state index is 0.0766. The summed E-state index contributed by atoms with van der Waals surface area (Å²) in [6, 6.07) is 0.102. The second-order valence-electron chi connectivity index (χ2n) is 4.84. The molecule has 4 heteroatoms. The lowest BCUT2D eigenvalue weighted by Crippen LogP contribution is -2.52. The Morgan fingerprint density at radius 2 is 2.29 bits per heavy atom. The zero-order valence-electron chi connectivity index (χ0n) is 11.1. The van der Waals surface area contributed by atoms with E-state index >= 15 is 0 Å². The third kappa shape index (κ3) is 6.03. The molecule has 2 atom stereocenters. The molecule has 1 amide bonds. The lowest BCUT2D eigenvalue weighted by Gasteiger charge is -2.24. The molecule has 0 aromatic rings. The Hall–Kier alpha value is -0.610. The van der Waals surface area contributed by atoms with Crippen LogP contribution >= 0.6 is 0 Å². The molecule has 0 radical (unpaired) electrons. The van der Waals surface area contributed by atoms with Crippen molar-refractivity contribution < 1.29 is 9.53 Å². The van der Waals surface area contributed by atoms with Crippen molar-refractivity contribution in [2.45, 2.75) is 58.0 Å². The maximum Gasteiger partial charge on any atom is 0.239 e. The first-order valence-electron chi connectivity index (χ1n) is 6.85. The first-order chi connectivity index (χ1) is 8.24. The Balaban J connectivity index is 2.11. The molecule has 0 aromatic heterocycles. The summed E-state index contributed by atoms with van der Waals surface area (Å²) < 4.78 is 5.27. The molecular weight excluding hydrogens is 216 g/mol. The van der Waals surface area contributed by atoms with Gasteiger partial charge in [0.15, 0.2) is 0 Å². The largest absolute Gasteiger partial charge is 0.378 e. The fourth-order valence-corrected chi connectivity index (χ4v) is 2.03. The second kappa shape index (κ2) is 8.48. The van der Waals surface area contributed by atoms with Gasteiger partial charge in [-0.2, -0.15) is 0 Å². The molecule has 1 aliphatic heterocycles. The van der Waals surface area contributed by atoms with E-state index in [9.17, 15) is 4.79 Å². The van der Waals surface area contributed by atoms with Crippen LogP contribution in [0.4, 0.5) is 0 Å². The van der Waals surface area contributed by atoms with E-state index in [0.717, 1.165) is 13.0 Å². The molecule has 1 fully saturated rings. The van der Waals surface area contributed by atoms with Gasteiger partial charge >= 0.3 is 0 Å². The van der Waals surface area contributed by atoms with Crippen molar-refractivity contribution in [1.82, 2.24) is 10.6 Å². The summed E-state index contributed by atoms with van der Waals surface area (Å²) in [7, 11) is 0. The van der Waals surface area contributed by atoms with Gasteiger partial charge in [-0.15, -0.1) is 0 Å². The first-order valence-corrected chi connectivity index (χ1v) is 6.85. The van der Waals surface area contributed by atoms with Crippen molar-refractivity contribution in [3.63, 3.8) is 0 Å². The molecule has 1 heterocycles. The third-order valence-corrected chi connectivity index (χ3v) is 3.12. The Bertz CT molecular complexity index is 215. The molecule has 0 aliphatic carbocycles. The predicted molar refractivity (Wildman–Crippen MR) is 69.0 cm³/mol. The molecular formula is C13H26N2O2. The van der Waals surface area contributed by atoms with Crippen molar-refractivity contribution in [2.24, 2.45) is 0 Å². The summed E-state index contributed by atoms with van der Waals surface area (Å²) >= 11 is 0. The molecule has 0 spiro atoms. The van der Waals surface area contributed by atoms with Crippen LogP contribution in [0.2, 0.25) is 0 Å². The highest BCUT2D eigenvalue weighted by molar-refractivity contribution is 5.82. The number of amides is 1. The highest BCUT2D eigenvalue weighted by atomic mass is 16.5. The van der Waals surface area contributed by atoms with Crippen LogP contribution in [0.3, 0.4) is 0 Å². The van der Waals surface area contributed by atoms with Crippen LogP contribution in [-0.2, 0) is 9.53 Å². The van der Waals surface area contributed by atoms with Gasteiger partial charge in [0.1, 0.15) is 6.04 Å². The first kappa shape index (κ1) is 14.5. The van der Waals surface area contributed by atoms with Crippen molar-refractivity contribution in [3.8, 4) is 0 Å². The van der Waals surface area contributed by atoms with Gasteiger partial charge in [0, 0.05) is 12.6 Å². The number of hydrogen-bond donors (Lipinski definition) is 2. The van der Waals surface area contributed by atoms with Crippen LogP contribution in [0.1, 0.15) is 46.0 Å². The maximum atomic E-state index is 11.8. The lowest BCUT2D eigenvalue weighted by atomic mass is 10.1. The van der Waals surface area contributed by atoms with E-state index in [4.69, 9.17) is 4.74 Å². The van der Waals surface area contributed by atoms with E-state index in [2.05, 4.69) is 24.5 Å². The maximum absolute atomic E-state index is 11.8. The summed E-state index contributed by atoms with van der Waals surface area (Å²) in [5, 5.41) is 6.21. The monoisotopic (exact) mass is 242 g/mol. The van der Waals surface area contributed by atoms with Crippen molar-refractivity contribution in [2.75, 3.05) is 19.8 Å². The molecule has 0 bridgehead atoms. The van der Waals surface area contributed by atoms with Crippen molar-refractivity contribution >= 4 is 5.91 Å². The highest BCUT2D eigenvalue weighted by Gasteiger charge is 2.21. The molecule has 2 unspecified atom stereocenters. The highest BCUT2D eigenvalue weighted by Crippen LogP contribution is 2.05. The number of unbranched alkanes of at least 4 members (excludes halogenated alkanes) is 3. The summed E-state index contributed by atoms with van der Waals surface area (Å²) in [5.74, 6) is 0.0766. The van der Waals surface area contributed by atoms with E-state index < -0.39 is 0 Å². The summed E-state index contributed by atoms with van der Waals surface area (Å²) in [4.78, 5) is 11.8. The van der Waals surface area contributed by atoms with Crippen LogP contribution in [0, 0.1) is 0 Å². The average Bonchev–Trinajstić information content (AvgIpc) is 2.36. The van der Waals surface area contributed by atoms with E-state index in [1.807, 2.05) is 0 Å². The molecule has 1 rings (SSSR count). The molecule has 4 nitrogen and oxygen atoms in total. The standard InChI is InChI=1S/C13H26N2O2/c1-3-4-5-6-7-11(2)15-13(16)12-10-17-9-8-14-12/h11-12,14H,3-10H2,1-2H3,(H,15,16). The van der Waals surface area contributed by atoms with E-state index in [1.165, 1.54) is 25.7 Å². The van der Waals surface area contributed by atoms with Gasteiger partial charge in [-0.25, -0.2) is 0 Å². The predicted octanol–water partition coefficient (Wildman–Crippen LogP) is 1.45. The van der Waals surface area contributed by atoms with E-state index in [1.54, 1.807) is 0 Å². The fraction of sp³-hybridized carbons (Fsp3) is 0.923. The zero-order chi connectivity index (χ0) is 12.5. The third-order valence-electron chi connectivity index (χ3n) is 3.12. The number of morpholine rings is 1. The fourth-order valence-electron chi connectivity index (χ4n) is 2.03. The molecule has 100 valence electrons. The van der Waals surface area contributed by atoms with E-state index in [-0.39, 0.29) is 18.0 Å². The number of carbonyl (C=O) groups is 1. The minimum Gasteiger partial charge on any atom is -0.378 e. The van der Waals surface area contributed by atoms with Crippen LogP contribution < -0.4 is 10.6 Å². The minimum atomic E-state index is -0.165. The number of hydrogen-bond acceptors (Lipinski definition) is 3. The SMILES string of the molecule is CCCCCCC(C)NC(=O)C1COCCN1. The second-order valence-corrected chi connectivity index (χ2v) is 4.84. The topological polar surface area (TPSA) is 50.4 Å². The van der Waals surface area contributed by atoms with E-state index in [0.29, 0.717) is 13.2 Å². The summed E-state index contributed by atoms with van der Waals surface area (Å²) in [5.41, 5.74) is 0. The number of ether oxygens (including phenoxy) is 1. The van der Waals surface area contributed by atoms with Gasteiger partial charge in [0.05, 0.1) is 13.2 Å².